The first-order chi connectivity index (χ1) is 10.8. The van der Waals surface area contributed by atoms with E-state index in [0.717, 1.165) is 0 Å². The third-order valence-electron chi connectivity index (χ3n) is 2.59. The standard InChI is InChI=1S/C7H14N2O5.C4H6O6/c1-4-8-7(5(2)3,6(10)11)14-9(12)13;5-1(3(7)8)2(6)4(9)10/h5,8H,4H2,1-3H3,(H,10,11);1-2,5-6H,(H,7,8)(H,9,10). The van der Waals surface area contributed by atoms with Crippen LogP contribution in [0.4, 0.5) is 0 Å². The molecule has 0 amide bonds. The van der Waals surface area contributed by atoms with E-state index in [1.165, 1.54) is 13.8 Å². The number of aliphatic hydroxyl groups is 2. The third kappa shape index (κ3) is 7.17. The fraction of sp³-hybridized carbons (Fsp3) is 0.727. The smallest absolute Gasteiger partial charge is 0.351 e. The first-order valence-electron chi connectivity index (χ1n) is 6.47. The second kappa shape index (κ2) is 10.3. The van der Waals surface area contributed by atoms with Crippen molar-refractivity contribution in [3.63, 3.8) is 0 Å². The summed E-state index contributed by atoms with van der Waals surface area (Å²) in [7, 11) is 0. The summed E-state index contributed by atoms with van der Waals surface area (Å²) in [6.07, 6.45) is -4.53. The van der Waals surface area contributed by atoms with Crippen LogP contribution in [0.5, 0.6) is 0 Å². The molecule has 0 aliphatic carbocycles. The van der Waals surface area contributed by atoms with E-state index in [-0.39, 0.29) is 6.54 Å². The van der Waals surface area contributed by atoms with Crippen molar-refractivity contribution in [2.24, 2.45) is 5.92 Å². The van der Waals surface area contributed by atoms with Gasteiger partial charge in [0.05, 0.1) is 0 Å². The molecule has 0 spiro atoms. The normalized spacial score (nSPS) is 15.2. The van der Waals surface area contributed by atoms with Gasteiger partial charge < -0.3 is 25.5 Å². The maximum absolute atomic E-state index is 10.9. The van der Waals surface area contributed by atoms with Gasteiger partial charge in [0, 0.05) is 5.92 Å². The van der Waals surface area contributed by atoms with Crippen molar-refractivity contribution in [2.45, 2.75) is 38.7 Å². The number of carboxylic acid groups (broad SMARTS) is 3. The number of aliphatic carboxylic acids is 3. The summed E-state index contributed by atoms with van der Waals surface area (Å²) >= 11 is 0. The first-order valence-corrected chi connectivity index (χ1v) is 6.47. The van der Waals surface area contributed by atoms with Crippen LogP contribution in [-0.4, -0.2) is 73.0 Å². The molecule has 3 unspecified atom stereocenters. The number of hydrogen-bond donors (Lipinski definition) is 6. The number of likely N-dealkylation sites (N-methyl/N-ethyl adjacent to an activating group) is 1. The van der Waals surface area contributed by atoms with Gasteiger partial charge in [-0.2, -0.15) is 0 Å². The Hall–Kier alpha value is -2.51. The number of aliphatic hydroxyl groups excluding tert-OH is 2. The van der Waals surface area contributed by atoms with Crippen LogP contribution in [0.25, 0.3) is 0 Å². The lowest BCUT2D eigenvalue weighted by molar-refractivity contribution is -0.780. The molecule has 0 saturated heterocycles. The summed E-state index contributed by atoms with van der Waals surface area (Å²) in [5, 5.41) is 52.9. The van der Waals surface area contributed by atoms with Crippen molar-refractivity contribution >= 4 is 17.9 Å². The van der Waals surface area contributed by atoms with Crippen LogP contribution in [0.1, 0.15) is 20.8 Å². The number of hydrogen-bond acceptors (Lipinski definition) is 9. The van der Waals surface area contributed by atoms with E-state index in [0.29, 0.717) is 0 Å². The molecule has 24 heavy (non-hydrogen) atoms. The zero-order chi connectivity index (χ0) is 19.7. The van der Waals surface area contributed by atoms with E-state index >= 15 is 0 Å². The fourth-order valence-corrected chi connectivity index (χ4v) is 1.35. The molecule has 13 nitrogen and oxygen atoms in total. The number of nitrogens with one attached hydrogen (secondary N) is 1. The van der Waals surface area contributed by atoms with Gasteiger partial charge in [-0.25, -0.2) is 14.4 Å². The van der Waals surface area contributed by atoms with E-state index in [1.54, 1.807) is 6.92 Å². The molecular weight excluding hydrogens is 336 g/mol. The Labute approximate surface area is 135 Å². The van der Waals surface area contributed by atoms with Gasteiger partial charge in [-0.1, -0.05) is 20.8 Å². The van der Waals surface area contributed by atoms with Crippen LogP contribution >= 0.6 is 0 Å². The zero-order valence-corrected chi connectivity index (χ0v) is 13.1. The van der Waals surface area contributed by atoms with Crippen LogP contribution in [0.2, 0.25) is 0 Å². The Morgan fingerprint density at radius 2 is 1.50 bits per heavy atom. The van der Waals surface area contributed by atoms with Crippen molar-refractivity contribution < 1.29 is 49.8 Å². The molecule has 3 atom stereocenters. The highest BCUT2D eigenvalue weighted by molar-refractivity contribution is 5.83. The molecule has 0 aliphatic rings. The van der Waals surface area contributed by atoms with Gasteiger partial charge in [0.25, 0.3) is 10.8 Å². The molecule has 0 saturated carbocycles. The average Bonchev–Trinajstić information content (AvgIpc) is 2.44. The Balaban J connectivity index is 0. The fourth-order valence-electron chi connectivity index (χ4n) is 1.35. The van der Waals surface area contributed by atoms with E-state index in [1.807, 2.05) is 0 Å². The van der Waals surface area contributed by atoms with E-state index in [4.69, 9.17) is 25.5 Å². The van der Waals surface area contributed by atoms with Crippen molar-refractivity contribution in [1.82, 2.24) is 5.32 Å². The van der Waals surface area contributed by atoms with Crippen molar-refractivity contribution in [1.29, 1.82) is 0 Å². The monoisotopic (exact) mass is 356 g/mol. The van der Waals surface area contributed by atoms with Crippen molar-refractivity contribution in [3.8, 4) is 0 Å². The molecule has 0 aliphatic heterocycles. The second-order valence-electron chi connectivity index (χ2n) is 4.61. The highest BCUT2D eigenvalue weighted by atomic mass is 17.0. The van der Waals surface area contributed by atoms with E-state index in [9.17, 15) is 24.5 Å². The molecule has 0 aromatic heterocycles. The lowest BCUT2D eigenvalue weighted by atomic mass is 10.00. The van der Waals surface area contributed by atoms with Gasteiger partial charge in [-0.3, -0.25) is 10.2 Å². The van der Waals surface area contributed by atoms with Crippen LogP contribution < -0.4 is 5.32 Å². The summed E-state index contributed by atoms with van der Waals surface area (Å²) in [5.74, 6) is -5.50. The van der Waals surface area contributed by atoms with Crippen molar-refractivity contribution in [3.05, 3.63) is 10.1 Å². The van der Waals surface area contributed by atoms with E-state index in [2.05, 4.69) is 10.2 Å². The third-order valence-corrected chi connectivity index (χ3v) is 2.59. The molecule has 0 rings (SSSR count). The summed E-state index contributed by atoms with van der Waals surface area (Å²) in [5.41, 5.74) is -1.96. The SMILES string of the molecule is CCNC(O[N+](=O)[O-])(C(=O)O)C(C)C.O=C(O)C(O)C(O)C(=O)O. The highest BCUT2D eigenvalue weighted by Crippen LogP contribution is 2.19. The molecule has 0 aromatic rings. The lowest BCUT2D eigenvalue weighted by Crippen LogP contribution is -2.59. The Morgan fingerprint density at radius 3 is 1.67 bits per heavy atom. The molecule has 13 heteroatoms. The first kappa shape index (κ1) is 23.8. The average molecular weight is 356 g/mol. The lowest BCUT2D eigenvalue weighted by Gasteiger charge is -2.30. The maximum atomic E-state index is 10.9. The number of rotatable bonds is 9. The number of carboxylic acids is 3. The van der Waals surface area contributed by atoms with Crippen LogP contribution in [-0.2, 0) is 19.2 Å². The summed E-state index contributed by atoms with van der Waals surface area (Å²) in [4.78, 5) is 44.8. The Morgan fingerprint density at radius 1 is 1.12 bits per heavy atom. The van der Waals surface area contributed by atoms with Gasteiger partial charge in [-0.05, 0) is 6.54 Å². The Bertz CT molecular complexity index is 449. The summed E-state index contributed by atoms with van der Waals surface area (Å²) < 4.78 is 0. The predicted octanol–water partition coefficient (Wildman–Crippen LogP) is -1.88. The van der Waals surface area contributed by atoms with Crippen LogP contribution in [0, 0.1) is 16.0 Å². The zero-order valence-electron chi connectivity index (χ0n) is 13.1. The topological polar surface area (TPSA) is 217 Å². The largest absolute Gasteiger partial charge is 0.479 e. The highest BCUT2D eigenvalue weighted by Gasteiger charge is 2.45. The molecule has 140 valence electrons. The second-order valence-corrected chi connectivity index (χ2v) is 4.61. The van der Waals surface area contributed by atoms with Gasteiger partial charge >= 0.3 is 17.9 Å². The minimum Gasteiger partial charge on any atom is -0.479 e. The molecular formula is C11H20N2O11. The molecule has 0 heterocycles. The summed E-state index contributed by atoms with van der Waals surface area (Å²) in [6.45, 7) is 4.96. The Kier molecular flexibility index (Phi) is 10.2. The quantitative estimate of drug-likeness (QED) is 0.152. The molecule has 0 fully saturated rings. The van der Waals surface area contributed by atoms with Crippen molar-refractivity contribution in [2.75, 3.05) is 6.54 Å². The van der Waals surface area contributed by atoms with E-state index < -0.39 is 46.8 Å². The number of nitrogens with zero attached hydrogens (tertiary/aromatic N) is 1. The van der Waals surface area contributed by atoms with Gasteiger partial charge in [-0.15, -0.1) is 10.1 Å². The maximum Gasteiger partial charge on any atom is 0.351 e. The van der Waals surface area contributed by atoms with Gasteiger partial charge in [0.2, 0.25) is 0 Å². The molecule has 6 N–H and O–H groups in total. The van der Waals surface area contributed by atoms with Gasteiger partial charge in [0.1, 0.15) is 0 Å². The van der Waals surface area contributed by atoms with Gasteiger partial charge in [0.15, 0.2) is 12.2 Å². The number of carbonyl (C=O) groups is 3. The molecule has 0 bridgehead atoms. The molecule has 0 radical (unpaired) electrons. The molecule has 0 aromatic carbocycles. The minimum absolute atomic E-state index is 0.262. The summed E-state index contributed by atoms with van der Waals surface area (Å²) in [6, 6.07) is 0. The minimum atomic E-state index is -2.27. The van der Waals surface area contributed by atoms with Crippen LogP contribution in [0.15, 0.2) is 0 Å². The predicted molar refractivity (Wildman–Crippen MR) is 74.2 cm³/mol. The van der Waals surface area contributed by atoms with Crippen LogP contribution in [0.3, 0.4) is 0 Å².